The van der Waals surface area contributed by atoms with Crippen molar-refractivity contribution in [3.8, 4) is 0 Å². The lowest BCUT2D eigenvalue weighted by Gasteiger charge is -2.31. The Hall–Kier alpha value is -3.90. The summed E-state index contributed by atoms with van der Waals surface area (Å²) in [6, 6.07) is 24.5. The predicted molar refractivity (Wildman–Crippen MR) is 140 cm³/mol. The van der Waals surface area contributed by atoms with Crippen LogP contribution < -0.4 is 0 Å². The van der Waals surface area contributed by atoms with Gasteiger partial charge in [0.05, 0.1) is 23.1 Å². The van der Waals surface area contributed by atoms with Crippen molar-refractivity contribution >= 4 is 40.8 Å². The van der Waals surface area contributed by atoms with E-state index in [-0.39, 0.29) is 12.3 Å². The predicted octanol–water partition coefficient (Wildman–Crippen LogP) is 5.64. The van der Waals surface area contributed by atoms with Crippen molar-refractivity contribution in [1.82, 2.24) is 9.47 Å². The molecule has 0 saturated heterocycles. The second kappa shape index (κ2) is 10.8. The van der Waals surface area contributed by atoms with Crippen molar-refractivity contribution in [1.29, 1.82) is 0 Å². The number of carbonyl (C=O) groups is 3. The number of benzene rings is 3. The number of carbonyl (C=O) groups excluding carboxylic acids is 3. The Bertz CT molecular complexity index is 1380. The van der Waals surface area contributed by atoms with Gasteiger partial charge in [-0.2, -0.15) is 0 Å². The summed E-state index contributed by atoms with van der Waals surface area (Å²) in [7, 11) is 3.03. The molecule has 1 aromatic heterocycles. The molecule has 6 nitrogen and oxygen atoms in total. The topological polar surface area (TPSA) is 68.6 Å². The van der Waals surface area contributed by atoms with E-state index in [9.17, 15) is 14.4 Å². The maximum Gasteiger partial charge on any atom is 0.418 e. The van der Waals surface area contributed by atoms with E-state index in [0.717, 1.165) is 17.4 Å². The van der Waals surface area contributed by atoms with Crippen LogP contribution in [0.5, 0.6) is 0 Å². The highest BCUT2D eigenvalue weighted by Crippen LogP contribution is 2.37. The molecular formula is C29H27ClN2O4. The molecule has 0 spiro atoms. The number of nitrogens with zero attached hydrogens (tertiary/aromatic N) is 2. The van der Waals surface area contributed by atoms with E-state index >= 15 is 0 Å². The molecule has 1 heterocycles. The maximum absolute atomic E-state index is 13.4. The lowest BCUT2D eigenvalue weighted by atomic mass is 9.73. The Kier molecular flexibility index (Phi) is 7.55. The van der Waals surface area contributed by atoms with E-state index < -0.39 is 11.5 Å². The van der Waals surface area contributed by atoms with Gasteiger partial charge >= 0.3 is 6.09 Å². The van der Waals surface area contributed by atoms with Crippen LogP contribution >= 0.6 is 11.6 Å². The fourth-order valence-corrected chi connectivity index (χ4v) is 4.81. The summed E-state index contributed by atoms with van der Waals surface area (Å²) in [6.07, 6.45) is 2.15. The third-order valence-corrected chi connectivity index (χ3v) is 6.71. The van der Waals surface area contributed by atoms with Crippen LogP contribution in [0.25, 0.3) is 10.9 Å². The minimum atomic E-state index is -1.16. The third kappa shape index (κ3) is 5.19. The first-order valence-electron chi connectivity index (χ1n) is 11.5. The zero-order valence-electron chi connectivity index (χ0n) is 20.2. The van der Waals surface area contributed by atoms with Gasteiger partial charge in [0.2, 0.25) is 5.91 Å². The molecule has 0 bridgehead atoms. The van der Waals surface area contributed by atoms with Gasteiger partial charge in [-0.15, -0.1) is 0 Å². The number of rotatable bonds is 8. The average molecular weight is 503 g/mol. The molecule has 0 aliphatic heterocycles. The monoisotopic (exact) mass is 502 g/mol. The number of aldehydes is 1. The molecule has 0 aliphatic carbocycles. The second-order valence-electron chi connectivity index (χ2n) is 8.90. The standard InChI is InChI=1S/C29H27ClN2O4/c1-31(19-22-11-7-4-8-12-22)26(34)18-29(20-33,17-21-9-5-3-6-10-21)24-15-23-13-14-32(28(35)36-2)27(23)25(30)16-24/h3-16,20H,17-19H2,1-2H3. The number of hydrogen-bond donors (Lipinski definition) is 0. The SMILES string of the molecule is COC(=O)n1ccc2cc(C(C=O)(CC(=O)N(C)Cc3ccccc3)Cc3ccccc3)cc(Cl)c21. The van der Waals surface area contributed by atoms with Gasteiger partial charge in [0.1, 0.15) is 6.29 Å². The summed E-state index contributed by atoms with van der Waals surface area (Å²) >= 11 is 6.64. The minimum absolute atomic E-state index is 0.0335. The Labute approximate surface area is 215 Å². The summed E-state index contributed by atoms with van der Waals surface area (Å²) in [4.78, 5) is 40.1. The number of halogens is 1. The molecule has 3 aromatic carbocycles. The number of methoxy groups -OCH3 is 1. The Morgan fingerprint density at radius 2 is 1.64 bits per heavy atom. The summed E-state index contributed by atoms with van der Waals surface area (Å²) in [6.45, 7) is 0.432. The van der Waals surface area contributed by atoms with E-state index in [1.54, 1.807) is 30.3 Å². The summed E-state index contributed by atoms with van der Waals surface area (Å²) in [5.74, 6) is -0.162. The molecule has 0 fully saturated rings. The molecular weight excluding hydrogens is 476 g/mol. The van der Waals surface area contributed by atoms with Gasteiger partial charge in [0.15, 0.2) is 0 Å². The van der Waals surface area contributed by atoms with E-state index in [1.807, 2.05) is 66.7 Å². The molecule has 7 heteroatoms. The van der Waals surface area contributed by atoms with Crippen molar-refractivity contribution in [2.45, 2.75) is 24.8 Å². The van der Waals surface area contributed by atoms with E-state index in [1.165, 1.54) is 11.7 Å². The van der Waals surface area contributed by atoms with Crippen LogP contribution in [0, 0.1) is 0 Å². The molecule has 4 rings (SSSR count). The zero-order chi connectivity index (χ0) is 25.7. The first kappa shape index (κ1) is 25.2. The van der Waals surface area contributed by atoms with Crippen LogP contribution in [0.3, 0.4) is 0 Å². The molecule has 0 N–H and O–H groups in total. The first-order chi connectivity index (χ1) is 17.4. The van der Waals surface area contributed by atoms with Gasteiger partial charge in [0.25, 0.3) is 0 Å². The van der Waals surface area contributed by atoms with Gasteiger partial charge in [-0.3, -0.25) is 9.36 Å². The first-order valence-corrected chi connectivity index (χ1v) is 11.9. The molecule has 0 aliphatic rings. The molecule has 1 amide bonds. The molecule has 0 radical (unpaired) electrons. The summed E-state index contributed by atoms with van der Waals surface area (Å²) in [5.41, 5.74) is 1.87. The van der Waals surface area contributed by atoms with Crippen molar-refractivity contribution in [3.63, 3.8) is 0 Å². The Morgan fingerprint density at radius 1 is 1.00 bits per heavy atom. The summed E-state index contributed by atoms with van der Waals surface area (Å²) < 4.78 is 6.16. The summed E-state index contributed by atoms with van der Waals surface area (Å²) in [5, 5.41) is 0.967. The van der Waals surface area contributed by atoms with Crippen LogP contribution in [-0.2, 0) is 32.7 Å². The highest BCUT2D eigenvalue weighted by Gasteiger charge is 2.37. The molecule has 1 atom stereocenters. The minimum Gasteiger partial charge on any atom is -0.452 e. The molecule has 1 unspecified atom stereocenters. The van der Waals surface area contributed by atoms with Crippen LogP contribution in [0.15, 0.2) is 85.1 Å². The molecule has 0 saturated carbocycles. The van der Waals surface area contributed by atoms with Crippen LogP contribution in [0.4, 0.5) is 4.79 Å². The number of ether oxygens (including phenoxy) is 1. The van der Waals surface area contributed by atoms with Gasteiger partial charge in [-0.25, -0.2) is 4.79 Å². The average Bonchev–Trinajstić information content (AvgIpc) is 3.33. The number of hydrogen-bond acceptors (Lipinski definition) is 4. The van der Waals surface area contributed by atoms with Crippen LogP contribution in [0.1, 0.15) is 23.1 Å². The number of amides is 1. The van der Waals surface area contributed by atoms with Crippen molar-refractivity contribution < 1.29 is 19.1 Å². The lowest BCUT2D eigenvalue weighted by molar-refractivity contribution is -0.133. The Morgan fingerprint density at radius 3 is 2.25 bits per heavy atom. The normalized spacial score (nSPS) is 12.6. The van der Waals surface area contributed by atoms with E-state index in [0.29, 0.717) is 34.5 Å². The van der Waals surface area contributed by atoms with Crippen LogP contribution in [0.2, 0.25) is 5.02 Å². The zero-order valence-corrected chi connectivity index (χ0v) is 20.9. The third-order valence-electron chi connectivity index (χ3n) is 6.43. The fourth-order valence-electron chi connectivity index (χ4n) is 4.50. The highest BCUT2D eigenvalue weighted by atomic mass is 35.5. The van der Waals surface area contributed by atoms with Crippen molar-refractivity contribution in [2.24, 2.45) is 0 Å². The fraction of sp³-hybridized carbons (Fsp3) is 0.207. The van der Waals surface area contributed by atoms with Crippen LogP contribution in [-0.4, -0.2) is 41.9 Å². The number of fused-ring (bicyclic) bond motifs is 1. The lowest BCUT2D eigenvalue weighted by Crippen LogP contribution is -2.38. The maximum atomic E-state index is 13.4. The Balaban J connectivity index is 1.75. The molecule has 184 valence electrons. The van der Waals surface area contributed by atoms with Gasteiger partial charge in [0, 0.05) is 31.6 Å². The quantitative estimate of drug-likeness (QED) is 0.292. The van der Waals surface area contributed by atoms with Gasteiger partial charge in [-0.1, -0.05) is 72.3 Å². The van der Waals surface area contributed by atoms with Gasteiger partial charge < -0.3 is 14.4 Å². The highest BCUT2D eigenvalue weighted by molar-refractivity contribution is 6.35. The van der Waals surface area contributed by atoms with E-state index in [2.05, 4.69) is 0 Å². The second-order valence-corrected chi connectivity index (χ2v) is 9.31. The van der Waals surface area contributed by atoms with E-state index in [4.69, 9.17) is 16.3 Å². The molecule has 4 aromatic rings. The van der Waals surface area contributed by atoms with Crippen molar-refractivity contribution in [2.75, 3.05) is 14.2 Å². The number of aromatic nitrogens is 1. The van der Waals surface area contributed by atoms with Crippen molar-refractivity contribution in [3.05, 3.63) is 107 Å². The van der Waals surface area contributed by atoms with Gasteiger partial charge in [-0.05, 0) is 41.3 Å². The molecule has 36 heavy (non-hydrogen) atoms. The largest absolute Gasteiger partial charge is 0.452 e. The smallest absolute Gasteiger partial charge is 0.418 e.